The quantitative estimate of drug-likeness (QED) is 0.577. The number of aryl methyl sites for hydroxylation is 2. The van der Waals surface area contributed by atoms with Crippen LogP contribution in [-0.4, -0.2) is 35.8 Å². The Morgan fingerprint density at radius 2 is 1.91 bits per heavy atom. The SMILES string of the molecule is COc1ccc(-c2c(C)nn3c2NC(=O)C3CC(=O)Nc2ccc(C)cc2Cl)cc1OC. The van der Waals surface area contributed by atoms with Crippen molar-refractivity contribution in [2.45, 2.75) is 26.3 Å². The first-order valence-corrected chi connectivity index (χ1v) is 10.4. The predicted molar refractivity (Wildman–Crippen MR) is 123 cm³/mol. The minimum Gasteiger partial charge on any atom is -0.493 e. The number of rotatable bonds is 6. The molecule has 8 nitrogen and oxygen atoms in total. The van der Waals surface area contributed by atoms with E-state index in [-0.39, 0.29) is 18.2 Å². The Balaban J connectivity index is 1.60. The molecule has 1 atom stereocenters. The van der Waals surface area contributed by atoms with Crippen LogP contribution in [0.15, 0.2) is 36.4 Å². The van der Waals surface area contributed by atoms with Gasteiger partial charge in [-0.15, -0.1) is 0 Å². The standard InChI is InChI=1S/C23H23ClN4O4/c1-12-5-7-16(15(24)9-12)25-20(29)11-17-23(30)26-22-21(13(2)27-28(17)22)14-6-8-18(31-3)19(10-14)32-4/h5-10,17H,11H2,1-4H3,(H,25,29)(H,26,30). The maximum absolute atomic E-state index is 12.7. The average molecular weight is 455 g/mol. The number of carbonyl (C=O) groups is 2. The third-order valence-electron chi connectivity index (χ3n) is 5.37. The number of nitrogens with zero attached hydrogens (tertiary/aromatic N) is 2. The van der Waals surface area contributed by atoms with Crippen molar-refractivity contribution >= 4 is 34.9 Å². The fourth-order valence-electron chi connectivity index (χ4n) is 3.82. The molecule has 4 rings (SSSR count). The molecule has 0 saturated heterocycles. The lowest BCUT2D eigenvalue weighted by Gasteiger charge is -2.11. The van der Waals surface area contributed by atoms with Gasteiger partial charge in [-0.2, -0.15) is 5.10 Å². The molecule has 0 bridgehead atoms. The Bertz CT molecular complexity index is 1220. The molecule has 32 heavy (non-hydrogen) atoms. The molecule has 2 heterocycles. The normalized spacial score (nSPS) is 14.7. The smallest absolute Gasteiger partial charge is 0.251 e. The van der Waals surface area contributed by atoms with E-state index in [0.717, 1.165) is 22.4 Å². The first-order valence-electron chi connectivity index (χ1n) is 10.0. The number of ether oxygens (including phenoxy) is 2. The lowest BCUT2D eigenvalue weighted by atomic mass is 10.1. The van der Waals surface area contributed by atoms with Gasteiger partial charge in [-0.05, 0) is 49.2 Å². The highest BCUT2D eigenvalue weighted by molar-refractivity contribution is 6.33. The molecule has 0 aliphatic carbocycles. The number of benzene rings is 2. The lowest BCUT2D eigenvalue weighted by molar-refractivity contribution is -0.123. The van der Waals surface area contributed by atoms with Crippen molar-refractivity contribution < 1.29 is 19.1 Å². The van der Waals surface area contributed by atoms with Crippen molar-refractivity contribution in [3.05, 3.63) is 52.7 Å². The van der Waals surface area contributed by atoms with Gasteiger partial charge in [0.25, 0.3) is 5.91 Å². The molecule has 2 N–H and O–H groups in total. The second-order valence-corrected chi connectivity index (χ2v) is 7.97. The summed E-state index contributed by atoms with van der Waals surface area (Å²) in [5.74, 6) is 1.10. The first-order chi connectivity index (χ1) is 15.3. The van der Waals surface area contributed by atoms with Crippen LogP contribution in [0, 0.1) is 13.8 Å². The van der Waals surface area contributed by atoms with Gasteiger partial charge in [0.05, 0.1) is 37.0 Å². The van der Waals surface area contributed by atoms with Crippen LogP contribution >= 0.6 is 11.6 Å². The van der Waals surface area contributed by atoms with Crippen LogP contribution in [0.2, 0.25) is 5.02 Å². The van der Waals surface area contributed by atoms with Gasteiger partial charge in [0.2, 0.25) is 5.91 Å². The van der Waals surface area contributed by atoms with E-state index in [1.807, 2.05) is 32.0 Å². The van der Waals surface area contributed by atoms with Crippen LogP contribution in [0.3, 0.4) is 0 Å². The first kappa shape index (κ1) is 21.7. The van der Waals surface area contributed by atoms with Crippen LogP contribution in [0.1, 0.15) is 23.7 Å². The number of halogens is 1. The number of anilines is 2. The second-order valence-electron chi connectivity index (χ2n) is 7.56. The van der Waals surface area contributed by atoms with Crippen molar-refractivity contribution in [3.63, 3.8) is 0 Å². The van der Waals surface area contributed by atoms with Gasteiger partial charge in [-0.3, -0.25) is 9.59 Å². The molecule has 9 heteroatoms. The Morgan fingerprint density at radius 3 is 2.59 bits per heavy atom. The third-order valence-corrected chi connectivity index (χ3v) is 5.69. The van der Waals surface area contributed by atoms with Crippen LogP contribution in [-0.2, 0) is 9.59 Å². The summed E-state index contributed by atoms with van der Waals surface area (Å²) in [5.41, 5.74) is 3.80. The molecule has 166 valence electrons. The van der Waals surface area contributed by atoms with E-state index in [1.54, 1.807) is 37.1 Å². The topological polar surface area (TPSA) is 94.5 Å². The summed E-state index contributed by atoms with van der Waals surface area (Å²) >= 11 is 6.21. The summed E-state index contributed by atoms with van der Waals surface area (Å²) in [5, 5.41) is 10.6. The molecule has 1 unspecified atom stereocenters. The minimum atomic E-state index is -0.762. The summed E-state index contributed by atoms with van der Waals surface area (Å²) in [6.45, 7) is 3.77. The van der Waals surface area contributed by atoms with Crippen molar-refractivity contribution in [3.8, 4) is 22.6 Å². The summed E-state index contributed by atoms with van der Waals surface area (Å²) in [7, 11) is 3.13. The number of fused-ring (bicyclic) bond motifs is 1. The average Bonchev–Trinajstić information content (AvgIpc) is 3.23. The number of amides is 2. The number of aromatic nitrogens is 2. The van der Waals surface area contributed by atoms with Crippen LogP contribution in [0.25, 0.3) is 11.1 Å². The van der Waals surface area contributed by atoms with E-state index in [4.69, 9.17) is 21.1 Å². The number of nitrogens with one attached hydrogen (secondary N) is 2. The Kier molecular flexibility index (Phi) is 5.80. The van der Waals surface area contributed by atoms with E-state index in [1.165, 1.54) is 0 Å². The third kappa shape index (κ3) is 3.89. The zero-order valence-electron chi connectivity index (χ0n) is 18.2. The number of methoxy groups -OCH3 is 2. The molecule has 0 radical (unpaired) electrons. The Hall–Kier alpha value is -3.52. The van der Waals surface area contributed by atoms with Crippen LogP contribution in [0.4, 0.5) is 11.5 Å². The van der Waals surface area contributed by atoms with Crippen molar-refractivity contribution in [1.82, 2.24) is 9.78 Å². The fraction of sp³-hybridized carbons (Fsp3) is 0.261. The molecular formula is C23H23ClN4O4. The highest BCUT2D eigenvalue weighted by Crippen LogP contribution is 2.41. The number of carbonyl (C=O) groups excluding carboxylic acids is 2. The predicted octanol–water partition coefficient (Wildman–Crippen LogP) is 4.36. The lowest BCUT2D eigenvalue weighted by Crippen LogP contribution is -2.24. The Morgan fingerprint density at radius 1 is 1.16 bits per heavy atom. The fourth-order valence-corrected chi connectivity index (χ4v) is 4.10. The van der Waals surface area contributed by atoms with Gasteiger partial charge in [-0.25, -0.2) is 4.68 Å². The zero-order valence-corrected chi connectivity index (χ0v) is 18.9. The molecule has 1 aliphatic rings. The van der Waals surface area contributed by atoms with Gasteiger partial charge in [0.1, 0.15) is 11.9 Å². The van der Waals surface area contributed by atoms with Gasteiger partial charge in [0, 0.05) is 5.56 Å². The number of hydrogen-bond acceptors (Lipinski definition) is 5. The largest absolute Gasteiger partial charge is 0.493 e. The molecule has 2 aromatic carbocycles. The summed E-state index contributed by atoms with van der Waals surface area (Å²) in [6.07, 6.45) is -0.0739. The van der Waals surface area contributed by atoms with E-state index >= 15 is 0 Å². The molecule has 1 aliphatic heterocycles. The van der Waals surface area contributed by atoms with Gasteiger partial charge in [-0.1, -0.05) is 23.7 Å². The monoisotopic (exact) mass is 454 g/mol. The van der Waals surface area contributed by atoms with E-state index in [0.29, 0.717) is 28.0 Å². The van der Waals surface area contributed by atoms with E-state index in [9.17, 15) is 9.59 Å². The zero-order chi connectivity index (χ0) is 23.0. The molecule has 3 aromatic rings. The van der Waals surface area contributed by atoms with Crippen LogP contribution in [0.5, 0.6) is 11.5 Å². The van der Waals surface area contributed by atoms with Crippen molar-refractivity contribution in [2.24, 2.45) is 0 Å². The van der Waals surface area contributed by atoms with Crippen molar-refractivity contribution in [1.29, 1.82) is 0 Å². The molecule has 0 fully saturated rings. The van der Waals surface area contributed by atoms with Crippen LogP contribution < -0.4 is 20.1 Å². The van der Waals surface area contributed by atoms with Gasteiger partial charge in [0.15, 0.2) is 11.5 Å². The van der Waals surface area contributed by atoms with Gasteiger partial charge < -0.3 is 20.1 Å². The molecular weight excluding hydrogens is 432 g/mol. The molecule has 1 aromatic heterocycles. The summed E-state index contributed by atoms with van der Waals surface area (Å²) in [6, 6.07) is 10.1. The maximum Gasteiger partial charge on any atom is 0.251 e. The highest BCUT2D eigenvalue weighted by Gasteiger charge is 2.36. The molecule has 0 spiro atoms. The Labute approximate surface area is 190 Å². The van der Waals surface area contributed by atoms with E-state index < -0.39 is 6.04 Å². The second kappa shape index (κ2) is 8.55. The molecule has 0 saturated carbocycles. The summed E-state index contributed by atoms with van der Waals surface area (Å²) in [4.78, 5) is 25.3. The minimum absolute atomic E-state index is 0.0739. The molecule has 2 amide bonds. The maximum atomic E-state index is 12.7. The summed E-state index contributed by atoms with van der Waals surface area (Å²) < 4.78 is 12.3. The van der Waals surface area contributed by atoms with Gasteiger partial charge >= 0.3 is 0 Å². The van der Waals surface area contributed by atoms with Crippen molar-refractivity contribution in [2.75, 3.05) is 24.9 Å². The highest BCUT2D eigenvalue weighted by atomic mass is 35.5. The van der Waals surface area contributed by atoms with E-state index in [2.05, 4.69) is 15.7 Å². The number of hydrogen-bond donors (Lipinski definition) is 2.